The third-order valence-corrected chi connectivity index (χ3v) is 1.81. The third kappa shape index (κ3) is 6.06. The number of rotatable bonds is 6. The fourth-order valence-electron chi connectivity index (χ4n) is 1.16. The summed E-state index contributed by atoms with van der Waals surface area (Å²) in [5.41, 5.74) is 5.17. The van der Waals surface area contributed by atoms with Crippen LogP contribution in [0, 0.1) is 5.92 Å². The number of esters is 1. The summed E-state index contributed by atoms with van der Waals surface area (Å²) in [5.74, 6) is -0.784. The van der Waals surface area contributed by atoms with Gasteiger partial charge in [-0.1, -0.05) is 13.8 Å². The third-order valence-electron chi connectivity index (χ3n) is 1.81. The van der Waals surface area contributed by atoms with E-state index >= 15 is 0 Å². The minimum atomic E-state index is -0.496. The van der Waals surface area contributed by atoms with E-state index in [1.165, 1.54) is 0 Å². The van der Waals surface area contributed by atoms with Crippen molar-refractivity contribution < 1.29 is 14.3 Å². The molecule has 3 N–H and O–H groups in total. The van der Waals surface area contributed by atoms with Crippen LogP contribution in [0.15, 0.2) is 0 Å². The van der Waals surface area contributed by atoms with Gasteiger partial charge < -0.3 is 10.5 Å². The topological polar surface area (TPSA) is 81.4 Å². The molecule has 0 saturated carbocycles. The average molecular weight is 216 g/mol. The Morgan fingerprint density at radius 3 is 2.13 bits per heavy atom. The lowest BCUT2D eigenvalue weighted by molar-refractivity contribution is -0.146. The number of hydrogen-bond donors (Lipinski definition) is 2. The van der Waals surface area contributed by atoms with Gasteiger partial charge in [-0.15, -0.1) is 0 Å². The molecule has 0 aliphatic carbocycles. The molecule has 1 unspecified atom stereocenters. The largest absolute Gasteiger partial charge is 0.462 e. The molecule has 1 atom stereocenters. The van der Waals surface area contributed by atoms with Crippen LogP contribution in [-0.4, -0.2) is 30.6 Å². The number of nitrogens with two attached hydrogens (primary N) is 1. The van der Waals surface area contributed by atoms with Gasteiger partial charge in [-0.05, 0) is 19.8 Å². The van der Waals surface area contributed by atoms with Crippen molar-refractivity contribution in [3.8, 4) is 0 Å². The highest BCUT2D eigenvalue weighted by Gasteiger charge is 2.20. The molecule has 0 aromatic heterocycles. The van der Waals surface area contributed by atoms with Gasteiger partial charge in [0.1, 0.15) is 0 Å². The molecular weight excluding hydrogens is 196 g/mol. The van der Waals surface area contributed by atoms with Crippen molar-refractivity contribution in [2.24, 2.45) is 11.7 Å². The van der Waals surface area contributed by atoms with E-state index in [1.807, 2.05) is 13.8 Å². The summed E-state index contributed by atoms with van der Waals surface area (Å²) in [5, 5.41) is 2.77. The van der Waals surface area contributed by atoms with Gasteiger partial charge >= 0.3 is 5.97 Å². The lowest BCUT2D eigenvalue weighted by Crippen LogP contribution is -2.47. The zero-order chi connectivity index (χ0) is 12.0. The summed E-state index contributed by atoms with van der Waals surface area (Å²) >= 11 is 0. The number of hydrogen-bond acceptors (Lipinski definition) is 4. The van der Waals surface area contributed by atoms with E-state index < -0.39 is 11.9 Å². The van der Waals surface area contributed by atoms with Crippen LogP contribution in [-0.2, 0) is 14.3 Å². The van der Waals surface area contributed by atoms with Gasteiger partial charge in [0.25, 0.3) is 0 Å². The van der Waals surface area contributed by atoms with Crippen molar-refractivity contribution in [1.29, 1.82) is 0 Å². The molecule has 0 saturated heterocycles. The van der Waals surface area contributed by atoms with E-state index in [0.29, 0.717) is 0 Å². The predicted molar refractivity (Wildman–Crippen MR) is 57.1 cm³/mol. The Kier molecular flexibility index (Phi) is 5.93. The molecule has 15 heavy (non-hydrogen) atoms. The molecule has 0 rings (SSSR count). The lowest BCUT2D eigenvalue weighted by atomic mass is 10.0. The number of primary amides is 1. The number of amides is 1. The standard InChI is InChI=1S/C10H20N2O3/c1-6(2)9(10(11)14)12-5-8(13)15-7(3)4/h6-7,9,12H,5H2,1-4H3,(H2,11,14). The molecule has 88 valence electrons. The summed E-state index contributed by atoms with van der Waals surface area (Å²) in [6, 6.07) is -0.496. The zero-order valence-corrected chi connectivity index (χ0v) is 9.74. The van der Waals surface area contributed by atoms with Gasteiger partial charge in [-0.2, -0.15) is 0 Å². The van der Waals surface area contributed by atoms with Crippen LogP contribution in [0.1, 0.15) is 27.7 Å². The number of carbonyl (C=O) groups excluding carboxylic acids is 2. The molecular formula is C10H20N2O3. The van der Waals surface area contributed by atoms with Gasteiger partial charge in [0.2, 0.25) is 5.91 Å². The van der Waals surface area contributed by atoms with E-state index in [4.69, 9.17) is 10.5 Å². The molecule has 0 aromatic carbocycles. The summed E-state index contributed by atoms with van der Waals surface area (Å²) in [4.78, 5) is 22.1. The highest BCUT2D eigenvalue weighted by atomic mass is 16.5. The Balaban J connectivity index is 4.00. The average Bonchev–Trinajstić information content (AvgIpc) is 2.00. The Hall–Kier alpha value is -1.10. The first-order chi connectivity index (χ1) is 6.84. The minimum absolute atomic E-state index is 0.00394. The maximum atomic E-state index is 11.2. The highest BCUT2D eigenvalue weighted by Crippen LogP contribution is 2.00. The SMILES string of the molecule is CC(C)OC(=O)CNC(C(N)=O)C(C)C. The van der Waals surface area contributed by atoms with Crippen LogP contribution in [0.5, 0.6) is 0 Å². The van der Waals surface area contributed by atoms with E-state index in [2.05, 4.69) is 5.32 Å². The lowest BCUT2D eigenvalue weighted by Gasteiger charge is -2.18. The first-order valence-electron chi connectivity index (χ1n) is 5.06. The van der Waals surface area contributed by atoms with Gasteiger partial charge in [-0.3, -0.25) is 14.9 Å². The maximum Gasteiger partial charge on any atom is 0.320 e. The summed E-state index contributed by atoms with van der Waals surface area (Å²) < 4.78 is 4.91. The second-order valence-electron chi connectivity index (χ2n) is 4.04. The first-order valence-corrected chi connectivity index (χ1v) is 5.06. The van der Waals surface area contributed by atoms with Crippen LogP contribution in [0.2, 0.25) is 0 Å². The highest BCUT2D eigenvalue weighted by molar-refractivity contribution is 5.81. The molecule has 0 fully saturated rings. The molecule has 5 heteroatoms. The minimum Gasteiger partial charge on any atom is -0.462 e. The van der Waals surface area contributed by atoms with Crippen molar-refractivity contribution in [1.82, 2.24) is 5.32 Å². The Labute approximate surface area is 90.4 Å². The quantitative estimate of drug-likeness (QED) is 0.614. The number of ether oxygens (including phenoxy) is 1. The Morgan fingerprint density at radius 2 is 1.80 bits per heavy atom. The van der Waals surface area contributed by atoms with E-state index in [0.717, 1.165) is 0 Å². The molecule has 0 spiro atoms. The van der Waals surface area contributed by atoms with Gasteiger partial charge in [0, 0.05) is 0 Å². The van der Waals surface area contributed by atoms with Gasteiger partial charge in [0.05, 0.1) is 18.7 Å². The smallest absolute Gasteiger partial charge is 0.320 e. The fraction of sp³-hybridized carbons (Fsp3) is 0.800. The number of nitrogens with one attached hydrogen (secondary N) is 1. The van der Waals surface area contributed by atoms with E-state index in [1.54, 1.807) is 13.8 Å². The van der Waals surface area contributed by atoms with Crippen molar-refractivity contribution in [3.05, 3.63) is 0 Å². The van der Waals surface area contributed by atoms with E-state index in [9.17, 15) is 9.59 Å². The predicted octanol–water partition coefficient (Wildman–Crippen LogP) is 0.0375. The van der Waals surface area contributed by atoms with Crippen molar-refractivity contribution >= 4 is 11.9 Å². The van der Waals surface area contributed by atoms with Crippen molar-refractivity contribution in [2.75, 3.05) is 6.54 Å². The second-order valence-corrected chi connectivity index (χ2v) is 4.04. The van der Waals surface area contributed by atoms with Crippen molar-refractivity contribution in [2.45, 2.75) is 39.8 Å². The molecule has 0 bridgehead atoms. The normalized spacial score (nSPS) is 12.9. The van der Waals surface area contributed by atoms with Crippen LogP contribution in [0.3, 0.4) is 0 Å². The Morgan fingerprint density at radius 1 is 1.27 bits per heavy atom. The summed E-state index contributed by atoms with van der Waals surface area (Å²) in [6.07, 6.45) is -0.148. The fourth-order valence-corrected chi connectivity index (χ4v) is 1.16. The van der Waals surface area contributed by atoms with E-state index in [-0.39, 0.29) is 24.5 Å². The van der Waals surface area contributed by atoms with Crippen LogP contribution < -0.4 is 11.1 Å². The number of carbonyl (C=O) groups is 2. The molecule has 0 aromatic rings. The van der Waals surface area contributed by atoms with Crippen LogP contribution >= 0.6 is 0 Å². The molecule has 0 aliphatic heterocycles. The molecule has 5 nitrogen and oxygen atoms in total. The Bertz CT molecular complexity index is 227. The van der Waals surface area contributed by atoms with Gasteiger partial charge in [0.15, 0.2) is 0 Å². The molecule has 0 heterocycles. The monoisotopic (exact) mass is 216 g/mol. The van der Waals surface area contributed by atoms with Crippen LogP contribution in [0.4, 0.5) is 0 Å². The summed E-state index contributed by atoms with van der Waals surface area (Å²) in [6.45, 7) is 7.26. The molecule has 1 amide bonds. The summed E-state index contributed by atoms with van der Waals surface area (Å²) in [7, 11) is 0. The maximum absolute atomic E-state index is 11.2. The van der Waals surface area contributed by atoms with Crippen molar-refractivity contribution in [3.63, 3.8) is 0 Å². The first kappa shape index (κ1) is 13.9. The molecule has 0 radical (unpaired) electrons. The second kappa shape index (κ2) is 6.40. The van der Waals surface area contributed by atoms with Crippen LogP contribution in [0.25, 0.3) is 0 Å². The van der Waals surface area contributed by atoms with Gasteiger partial charge in [-0.25, -0.2) is 0 Å². The zero-order valence-electron chi connectivity index (χ0n) is 9.74. The molecule has 0 aliphatic rings.